The van der Waals surface area contributed by atoms with Crippen molar-refractivity contribution >= 4 is 16.8 Å². The Hall–Kier alpha value is -2.54. The normalized spacial score (nSPS) is 13.2. The second-order valence-electron chi connectivity index (χ2n) is 6.71. The second kappa shape index (κ2) is 8.23. The summed E-state index contributed by atoms with van der Waals surface area (Å²) in [5.41, 5.74) is 1.13. The number of nitrogens with zero attached hydrogens (tertiary/aromatic N) is 1. The fourth-order valence-electron chi connectivity index (χ4n) is 2.93. The lowest BCUT2D eigenvalue weighted by atomic mass is 10.1. The van der Waals surface area contributed by atoms with Gasteiger partial charge in [-0.25, -0.2) is 0 Å². The highest BCUT2D eigenvalue weighted by Crippen LogP contribution is 2.33. The summed E-state index contributed by atoms with van der Waals surface area (Å²) in [6.45, 7) is 2.60. The van der Waals surface area contributed by atoms with E-state index in [1.54, 1.807) is 6.07 Å². The maximum atomic E-state index is 12.3. The molecule has 0 bridgehead atoms. The molecule has 26 heavy (non-hydrogen) atoms. The summed E-state index contributed by atoms with van der Waals surface area (Å²) < 4.78 is 11.1. The van der Waals surface area contributed by atoms with Gasteiger partial charge in [0, 0.05) is 30.0 Å². The number of rotatable bonds is 7. The molecule has 0 aliphatic carbocycles. The van der Waals surface area contributed by atoms with E-state index in [-0.39, 0.29) is 11.5 Å². The van der Waals surface area contributed by atoms with Crippen LogP contribution in [0.2, 0.25) is 0 Å². The lowest BCUT2D eigenvalue weighted by molar-refractivity contribution is -0.121. The Bertz CT molecular complexity index is 845. The summed E-state index contributed by atoms with van der Waals surface area (Å²) in [6, 6.07) is 5.47. The number of aryl methyl sites for hydroxylation is 1. The second-order valence-corrected chi connectivity index (χ2v) is 6.71. The number of carbonyl (C=O) groups is 1. The van der Waals surface area contributed by atoms with Crippen LogP contribution in [0.25, 0.3) is 10.9 Å². The standard InChI is InChI=1S/C19H25N3O4/c1-22(2)7-3-6-20-18(23)5-4-13-10-14-11-16-17(26-9-8-25-16)12-15(14)21-19(13)24/h10-12H,3-9H2,1-2H3,(H,20,23)(H,21,24). The van der Waals surface area contributed by atoms with Crippen LogP contribution in [0.5, 0.6) is 11.5 Å². The molecular weight excluding hydrogens is 334 g/mol. The molecule has 1 aliphatic heterocycles. The zero-order valence-electron chi connectivity index (χ0n) is 15.3. The Morgan fingerprint density at radius 2 is 1.92 bits per heavy atom. The third kappa shape index (κ3) is 4.54. The zero-order valence-corrected chi connectivity index (χ0v) is 15.3. The largest absolute Gasteiger partial charge is 0.486 e. The van der Waals surface area contributed by atoms with E-state index in [1.165, 1.54) is 0 Å². The SMILES string of the molecule is CN(C)CCCNC(=O)CCc1cc2cc3c(cc2[nH]c1=O)OCCO3. The fourth-order valence-corrected chi connectivity index (χ4v) is 2.93. The molecule has 0 atom stereocenters. The Morgan fingerprint density at radius 3 is 2.65 bits per heavy atom. The van der Waals surface area contributed by atoms with Gasteiger partial charge in [0.15, 0.2) is 11.5 Å². The molecule has 1 aromatic heterocycles. The van der Waals surface area contributed by atoms with E-state index in [0.29, 0.717) is 55.2 Å². The molecular formula is C19H25N3O4. The van der Waals surface area contributed by atoms with E-state index in [1.807, 2.05) is 26.2 Å². The number of ether oxygens (including phenoxy) is 2. The number of hydrogen-bond donors (Lipinski definition) is 2. The first-order valence-electron chi connectivity index (χ1n) is 8.90. The molecule has 1 amide bonds. The topological polar surface area (TPSA) is 83.7 Å². The van der Waals surface area contributed by atoms with Gasteiger partial charge in [-0.15, -0.1) is 0 Å². The minimum absolute atomic E-state index is 0.0366. The number of hydrogen-bond acceptors (Lipinski definition) is 5. The van der Waals surface area contributed by atoms with Gasteiger partial charge in [-0.2, -0.15) is 0 Å². The van der Waals surface area contributed by atoms with Gasteiger partial charge in [-0.1, -0.05) is 0 Å². The summed E-state index contributed by atoms with van der Waals surface area (Å²) in [7, 11) is 4.00. The molecule has 0 saturated heterocycles. The van der Waals surface area contributed by atoms with Crippen molar-refractivity contribution < 1.29 is 14.3 Å². The zero-order chi connectivity index (χ0) is 18.5. The van der Waals surface area contributed by atoms with E-state index < -0.39 is 0 Å². The molecule has 7 heteroatoms. The third-order valence-electron chi connectivity index (χ3n) is 4.31. The molecule has 0 fully saturated rings. The highest BCUT2D eigenvalue weighted by molar-refractivity contribution is 5.83. The minimum atomic E-state index is -0.172. The van der Waals surface area contributed by atoms with E-state index in [2.05, 4.69) is 15.2 Å². The predicted molar refractivity (Wildman–Crippen MR) is 100 cm³/mol. The smallest absolute Gasteiger partial charge is 0.251 e. The maximum absolute atomic E-state index is 12.3. The van der Waals surface area contributed by atoms with Crippen LogP contribution in [0, 0.1) is 0 Å². The third-order valence-corrected chi connectivity index (χ3v) is 4.31. The van der Waals surface area contributed by atoms with E-state index in [9.17, 15) is 9.59 Å². The Labute approximate surface area is 152 Å². The number of nitrogens with one attached hydrogen (secondary N) is 2. The van der Waals surface area contributed by atoms with Crippen LogP contribution >= 0.6 is 0 Å². The quantitative estimate of drug-likeness (QED) is 0.728. The Morgan fingerprint density at radius 1 is 1.19 bits per heavy atom. The monoisotopic (exact) mass is 359 g/mol. The van der Waals surface area contributed by atoms with Crippen LogP contribution in [0.1, 0.15) is 18.4 Å². The first kappa shape index (κ1) is 18.3. The number of benzene rings is 1. The van der Waals surface area contributed by atoms with Crippen LogP contribution in [0.15, 0.2) is 23.0 Å². The molecule has 1 aliphatic rings. The van der Waals surface area contributed by atoms with Gasteiger partial charge >= 0.3 is 0 Å². The lowest BCUT2D eigenvalue weighted by Gasteiger charge is -2.18. The van der Waals surface area contributed by atoms with E-state index >= 15 is 0 Å². The van der Waals surface area contributed by atoms with Crippen LogP contribution in [-0.2, 0) is 11.2 Å². The van der Waals surface area contributed by atoms with Crippen molar-refractivity contribution in [3.8, 4) is 11.5 Å². The van der Waals surface area contributed by atoms with Gasteiger partial charge in [0.1, 0.15) is 13.2 Å². The molecule has 0 spiro atoms. The number of fused-ring (bicyclic) bond motifs is 2. The maximum Gasteiger partial charge on any atom is 0.251 e. The van der Waals surface area contributed by atoms with Crippen molar-refractivity contribution in [2.24, 2.45) is 0 Å². The average Bonchev–Trinajstić information content (AvgIpc) is 2.62. The molecule has 7 nitrogen and oxygen atoms in total. The molecule has 2 heterocycles. The number of aromatic nitrogens is 1. The van der Waals surface area contributed by atoms with Gasteiger partial charge in [-0.05, 0) is 45.6 Å². The number of amides is 1. The minimum Gasteiger partial charge on any atom is -0.486 e. The van der Waals surface area contributed by atoms with Gasteiger partial charge in [0.05, 0.1) is 5.52 Å². The predicted octanol–water partition coefficient (Wildman–Crippen LogP) is 1.30. The summed E-state index contributed by atoms with van der Waals surface area (Å²) in [5.74, 6) is 1.29. The molecule has 0 saturated carbocycles. The lowest BCUT2D eigenvalue weighted by Crippen LogP contribution is -2.27. The first-order valence-corrected chi connectivity index (χ1v) is 8.90. The highest BCUT2D eigenvalue weighted by atomic mass is 16.6. The molecule has 0 radical (unpaired) electrons. The Kier molecular flexibility index (Phi) is 5.78. The van der Waals surface area contributed by atoms with Gasteiger partial charge < -0.3 is 24.7 Å². The van der Waals surface area contributed by atoms with Crippen LogP contribution < -0.4 is 20.3 Å². The van der Waals surface area contributed by atoms with Crippen molar-refractivity contribution in [1.82, 2.24) is 15.2 Å². The number of carbonyl (C=O) groups excluding carboxylic acids is 1. The van der Waals surface area contributed by atoms with Crippen molar-refractivity contribution in [3.05, 3.63) is 34.1 Å². The van der Waals surface area contributed by atoms with Gasteiger partial charge in [0.25, 0.3) is 5.56 Å². The fraction of sp³-hybridized carbons (Fsp3) is 0.474. The number of aromatic amines is 1. The molecule has 2 aromatic rings. The van der Waals surface area contributed by atoms with Crippen molar-refractivity contribution in [3.63, 3.8) is 0 Å². The first-order chi connectivity index (χ1) is 12.5. The molecule has 2 N–H and O–H groups in total. The number of pyridine rings is 1. The van der Waals surface area contributed by atoms with Crippen LogP contribution in [0.3, 0.4) is 0 Å². The summed E-state index contributed by atoms with van der Waals surface area (Å²) >= 11 is 0. The van der Waals surface area contributed by atoms with Crippen molar-refractivity contribution in [2.75, 3.05) is 40.4 Å². The van der Waals surface area contributed by atoms with Crippen LogP contribution in [-0.4, -0.2) is 56.2 Å². The van der Waals surface area contributed by atoms with Crippen LogP contribution in [0.4, 0.5) is 0 Å². The van der Waals surface area contributed by atoms with Crippen molar-refractivity contribution in [1.29, 1.82) is 0 Å². The summed E-state index contributed by atoms with van der Waals surface area (Å²) in [6.07, 6.45) is 1.60. The highest BCUT2D eigenvalue weighted by Gasteiger charge is 2.14. The molecule has 3 rings (SSSR count). The molecule has 140 valence electrons. The molecule has 0 unspecified atom stereocenters. The van der Waals surface area contributed by atoms with E-state index in [0.717, 1.165) is 18.4 Å². The van der Waals surface area contributed by atoms with E-state index in [4.69, 9.17) is 9.47 Å². The summed E-state index contributed by atoms with van der Waals surface area (Å²) in [4.78, 5) is 29.2. The van der Waals surface area contributed by atoms with Gasteiger partial charge in [-0.3, -0.25) is 9.59 Å². The van der Waals surface area contributed by atoms with Gasteiger partial charge in [0.2, 0.25) is 5.91 Å². The van der Waals surface area contributed by atoms with Crippen molar-refractivity contribution in [2.45, 2.75) is 19.3 Å². The number of H-pyrrole nitrogens is 1. The average molecular weight is 359 g/mol. The molecule has 1 aromatic carbocycles. The summed E-state index contributed by atoms with van der Waals surface area (Å²) in [5, 5.41) is 3.76. The Balaban J connectivity index is 1.63.